The number of carbonyl (C=O) groups excluding carboxylic acids is 1. The molecule has 0 saturated carbocycles. The summed E-state index contributed by atoms with van der Waals surface area (Å²) in [4.78, 5) is 12.9. The minimum absolute atomic E-state index is 0.108. The van der Waals surface area contributed by atoms with E-state index in [-0.39, 0.29) is 24.7 Å². The molecule has 1 N–H and O–H groups in total. The van der Waals surface area contributed by atoms with Crippen molar-refractivity contribution in [3.63, 3.8) is 0 Å². The van der Waals surface area contributed by atoms with Crippen LogP contribution in [-0.2, 0) is 23.4 Å². The summed E-state index contributed by atoms with van der Waals surface area (Å²) in [6.07, 6.45) is -1.02. The summed E-state index contributed by atoms with van der Waals surface area (Å²) >= 11 is 0. The maximum atomic E-state index is 12.9. The zero-order chi connectivity index (χ0) is 26.8. The van der Waals surface area contributed by atoms with Crippen molar-refractivity contribution in [2.45, 2.75) is 89.9 Å². The molecule has 0 amide bonds. The quantitative estimate of drug-likeness (QED) is 0.421. The van der Waals surface area contributed by atoms with Crippen LogP contribution in [0, 0.1) is 0 Å². The highest BCUT2D eigenvalue weighted by molar-refractivity contribution is 6.99. The van der Waals surface area contributed by atoms with Crippen molar-refractivity contribution in [3.05, 3.63) is 60.7 Å². The fraction of sp³-hybridized carbons (Fsp3) is 0.552. The number of aliphatic hydroxyl groups is 1. The van der Waals surface area contributed by atoms with Crippen LogP contribution in [-0.4, -0.2) is 55.7 Å². The van der Waals surface area contributed by atoms with E-state index in [4.69, 9.17) is 18.6 Å². The Hall–Kier alpha value is -2.03. The Kier molecular flexibility index (Phi) is 8.23. The van der Waals surface area contributed by atoms with E-state index < -0.39 is 37.4 Å². The van der Waals surface area contributed by atoms with Gasteiger partial charge in [-0.15, -0.1) is 0 Å². The van der Waals surface area contributed by atoms with E-state index in [2.05, 4.69) is 45.0 Å². The maximum absolute atomic E-state index is 12.9. The first-order chi connectivity index (χ1) is 16.6. The van der Waals surface area contributed by atoms with Crippen LogP contribution in [0.1, 0.15) is 61.8 Å². The molecule has 1 saturated heterocycles. The maximum Gasteiger partial charge on any atom is 0.309 e. The SMILES string of the molecule is CC(C)(C)OC(=O)C[C@](O)(CO[Si](c1ccccc1)(c1ccccc1)C(C)(C)C)[C@@H]1COC(C)(C)O1. The second kappa shape index (κ2) is 10.4. The molecule has 2 atom stereocenters. The van der Waals surface area contributed by atoms with Crippen LogP contribution in [0.15, 0.2) is 60.7 Å². The Morgan fingerprint density at radius 2 is 1.47 bits per heavy atom. The third-order valence-electron chi connectivity index (χ3n) is 6.43. The summed E-state index contributed by atoms with van der Waals surface area (Å²) in [7, 11) is -2.95. The van der Waals surface area contributed by atoms with Gasteiger partial charge in [0.05, 0.1) is 19.6 Å². The summed E-state index contributed by atoms with van der Waals surface area (Å²) in [6.45, 7) is 15.6. The predicted molar refractivity (Wildman–Crippen MR) is 144 cm³/mol. The van der Waals surface area contributed by atoms with E-state index in [0.717, 1.165) is 10.4 Å². The van der Waals surface area contributed by atoms with Crippen molar-refractivity contribution in [2.24, 2.45) is 0 Å². The molecule has 0 radical (unpaired) electrons. The lowest BCUT2D eigenvalue weighted by molar-refractivity contribution is -0.189. The second-order valence-corrected chi connectivity index (χ2v) is 16.4. The number of rotatable bonds is 8. The van der Waals surface area contributed by atoms with Gasteiger partial charge in [-0.3, -0.25) is 4.79 Å². The average molecular weight is 515 g/mol. The van der Waals surface area contributed by atoms with E-state index in [1.807, 2.05) is 36.4 Å². The van der Waals surface area contributed by atoms with Crippen LogP contribution in [0.2, 0.25) is 5.04 Å². The Bertz CT molecular complexity index is 970. The van der Waals surface area contributed by atoms with E-state index in [1.54, 1.807) is 34.6 Å². The lowest BCUT2D eigenvalue weighted by Gasteiger charge is -2.45. The zero-order valence-corrected chi connectivity index (χ0v) is 24.0. The molecule has 0 aromatic heterocycles. The number of benzene rings is 2. The smallest absolute Gasteiger partial charge is 0.309 e. The first kappa shape index (κ1) is 28.5. The highest BCUT2D eigenvalue weighted by Gasteiger charge is 2.54. The van der Waals surface area contributed by atoms with E-state index in [0.29, 0.717) is 0 Å². The molecule has 1 aliphatic heterocycles. The van der Waals surface area contributed by atoms with Gasteiger partial charge in [0.15, 0.2) is 5.79 Å². The van der Waals surface area contributed by atoms with E-state index in [1.165, 1.54) is 0 Å². The van der Waals surface area contributed by atoms with Gasteiger partial charge >= 0.3 is 5.97 Å². The summed E-state index contributed by atoms with van der Waals surface area (Å²) in [5.41, 5.74) is -2.33. The molecular weight excluding hydrogens is 472 g/mol. The molecule has 3 rings (SSSR count). The number of ether oxygens (including phenoxy) is 3. The van der Waals surface area contributed by atoms with Gasteiger partial charge in [0, 0.05) is 0 Å². The molecule has 198 valence electrons. The number of hydrogen-bond acceptors (Lipinski definition) is 6. The van der Waals surface area contributed by atoms with Crippen molar-refractivity contribution in [1.82, 2.24) is 0 Å². The molecule has 2 aromatic carbocycles. The largest absolute Gasteiger partial charge is 0.460 e. The Labute approximate surface area is 217 Å². The minimum atomic E-state index is -2.95. The third-order valence-corrected chi connectivity index (χ3v) is 11.4. The van der Waals surface area contributed by atoms with E-state index >= 15 is 0 Å². The molecule has 36 heavy (non-hydrogen) atoms. The van der Waals surface area contributed by atoms with Gasteiger partial charge in [0.2, 0.25) is 0 Å². The minimum Gasteiger partial charge on any atom is -0.460 e. The summed E-state index contributed by atoms with van der Waals surface area (Å²) in [5.74, 6) is -1.38. The van der Waals surface area contributed by atoms with Gasteiger partial charge in [0.25, 0.3) is 8.32 Å². The van der Waals surface area contributed by atoms with Gasteiger partial charge < -0.3 is 23.7 Å². The number of esters is 1. The molecule has 6 nitrogen and oxygen atoms in total. The molecular formula is C29H42O6Si. The normalized spacial score (nSPS) is 20.1. The van der Waals surface area contributed by atoms with Crippen molar-refractivity contribution < 1.29 is 28.5 Å². The molecule has 1 fully saturated rings. The molecule has 0 bridgehead atoms. The second-order valence-electron chi connectivity index (χ2n) is 12.1. The van der Waals surface area contributed by atoms with Crippen molar-refractivity contribution >= 4 is 24.7 Å². The molecule has 0 spiro atoms. The summed E-state index contributed by atoms with van der Waals surface area (Å²) < 4.78 is 24.4. The fourth-order valence-electron chi connectivity index (χ4n) is 4.83. The number of hydrogen-bond donors (Lipinski definition) is 1. The Balaban J connectivity index is 2.05. The fourth-order valence-corrected chi connectivity index (χ4v) is 9.45. The van der Waals surface area contributed by atoms with Crippen LogP contribution in [0.3, 0.4) is 0 Å². The lowest BCUT2D eigenvalue weighted by Crippen LogP contribution is -2.68. The third kappa shape index (κ3) is 6.44. The molecule has 2 aromatic rings. The standard InChI is InChI=1S/C29H42O6Si/c1-26(2,3)35-25(30)19-29(31,24-20-32-28(7,8)34-24)21-33-36(27(4,5)6,22-15-11-9-12-16-22)23-17-13-10-14-18-23/h9-18,24,31H,19-21H2,1-8H3/t24-,29-/m0/s1. The van der Waals surface area contributed by atoms with Gasteiger partial charge in [-0.2, -0.15) is 0 Å². The molecule has 7 heteroatoms. The first-order valence-electron chi connectivity index (χ1n) is 12.6. The van der Waals surface area contributed by atoms with Crippen LogP contribution in [0.5, 0.6) is 0 Å². The van der Waals surface area contributed by atoms with Crippen LogP contribution >= 0.6 is 0 Å². The van der Waals surface area contributed by atoms with Gasteiger partial charge in [-0.05, 0) is 50.0 Å². The van der Waals surface area contributed by atoms with Crippen LogP contribution < -0.4 is 10.4 Å². The topological polar surface area (TPSA) is 74.2 Å². The van der Waals surface area contributed by atoms with Gasteiger partial charge in [0.1, 0.15) is 17.3 Å². The molecule has 1 heterocycles. The molecule has 1 aliphatic rings. The summed E-state index contributed by atoms with van der Waals surface area (Å²) in [5, 5.41) is 13.9. The van der Waals surface area contributed by atoms with Gasteiger partial charge in [-0.1, -0.05) is 81.4 Å². The highest BCUT2D eigenvalue weighted by atomic mass is 28.4. The summed E-state index contributed by atoms with van der Waals surface area (Å²) in [6, 6.07) is 20.4. The van der Waals surface area contributed by atoms with Crippen LogP contribution in [0.25, 0.3) is 0 Å². The first-order valence-corrected chi connectivity index (χ1v) is 14.5. The zero-order valence-electron chi connectivity index (χ0n) is 23.0. The molecule has 0 unspecified atom stereocenters. The lowest BCUT2D eigenvalue weighted by atomic mass is 9.94. The number of carbonyl (C=O) groups is 1. The van der Waals surface area contributed by atoms with Gasteiger partial charge in [-0.25, -0.2) is 0 Å². The van der Waals surface area contributed by atoms with Crippen molar-refractivity contribution in [1.29, 1.82) is 0 Å². The Morgan fingerprint density at radius 1 is 0.972 bits per heavy atom. The van der Waals surface area contributed by atoms with E-state index in [9.17, 15) is 9.90 Å². The van der Waals surface area contributed by atoms with Crippen molar-refractivity contribution in [2.75, 3.05) is 13.2 Å². The predicted octanol–water partition coefficient (Wildman–Crippen LogP) is 4.18. The highest BCUT2D eigenvalue weighted by Crippen LogP contribution is 2.39. The molecule has 0 aliphatic carbocycles. The van der Waals surface area contributed by atoms with Crippen LogP contribution in [0.4, 0.5) is 0 Å². The Morgan fingerprint density at radius 3 is 1.86 bits per heavy atom. The monoisotopic (exact) mass is 514 g/mol. The van der Waals surface area contributed by atoms with Crippen molar-refractivity contribution in [3.8, 4) is 0 Å². The average Bonchev–Trinajstić information content (AvgIpc) is 3.14.